The first-order valence-corrected chi connectivity index (χ1v) is 4.74. The zero-order chi connectivity index (χ0) is 12.3. The number of hydrogen-bond donors (Lipinski definition) is 4. The molecule has 0 atom stereocenters. The number of anilines is 1. The standard InChI is InChI=1S/C8H8Cl2N4O2/c9-4-1-3(15)2-5(10)6(4)13-8(16)14-7(11)12/h1-2,15H,(H5,11,12,13,14,16). The van der Waals surface area contributed by atoms with E-state index in [1.807, 2.05) is 0 Å². The molecule has 0 aliphatic carbocycles. The first-order chi connectivity index (χ1) is 7.40. The van der Waals surface area contributed by atoms with Crippen LogP contribution < -0.4 is 16.8 Å². The third-order valence-electron chi connectivity index (χ3n) is 1.49. The van der Waals surface area contributed by atoms with Gasteiger partial charge in [0.15, 0.2) is 5.96 Å². The predicted octanol–water partition coefficient (Wildman–Crippen LogP) is 1.50. The Bertz CT molecular complexity index is 434. The first-order valence-electron chi connectivity index (χ1n) is 3.98. The van der Waals surface area contributed by atoms with Gasteiger partial charge in [-0.15, -0.1) is 0 Å². The van der Waals surface area contributed by atoms with Gasteiger partial charge in [0, 0.05) is 12.1 Å². The Morgan fingerprint density at radius 1 is 1.31 bits per heavy atom. The van der Waals surface area contributed by atoms with Gasteiger partial charge in [-0.3, -0.25) is 0 Å². The van der Waals surface area contributed by atoms with Crippen molar-refractivity contribution in [2.24, 2.45) is 16.5 Å². The molecule has 0 radical (unpaired) electrons. The minimum atomic E-state index is -0.811. The van der Waals surface area contributed by atoms with Gasteiger partial charge in [0.05, 0.1) is 15.7 Å². The lowest BCUT2D eigenvalue weighted by Gasteiger charge is -2.07. The Balaban J connectivity index is 2.98. The molecule has 16 heavy (non-hydrogen) atoms. The van der Waals surface area contributed by atoms with Crippen molar-refractivity contribution in [2.45, 2.75) is 0 Å². The van der Waals surface area contributed by atoms with Crippen molar-refractivity contribution in [2.75, 3.05) is 5.32 Å². The number of nitrogens with one attached hydrogen (secondary N) is 1. The summed E-state index contributed by atoms with van der Waals surface area (Å²) in [5.41, 5.74) is 10.1. The summed E-state index contributed by atoms with van der Waals surface area (Å²) in [5, 5.41) is 11.6. The highest BCUT2D eigenvalue weighted by atomic mass is 35.5. The Hall–Kier alpha value is -1.66. The van der Waals surface area contributed by atoms with Crippen molar-refractivity contribution in [1.29, 1.82) is 0 Å². The van der Waals surface area contributed by atoms with Crippen LogP contribution in [-0.4, -0.2) is 17.1 Å². The lowest BCUT2D eigenvalue weighted by atomic mass is 10.3. The summed E-state index contributed by atoms with van der Waals surface area (Å²) in [5.74, 6) is -0.502. The fourth-order valence-electron chi connectivity index (χ4n) is 0.931. The van der Waals surface area contributed by atoms with Gasteiger partial charge in [-0.2, -0.15) is 4.99 Å². The van der Waals surface area contributed by atoms with Crippen molar-refractivity contribution in [3.63, 3.8) is 0 Å². The molecule has 1 rings (SSSR count). The number of rotatable bonds is 1. The van der Waals surface area contributed by atoms with E-state index >= 15 is 0 Å². The molecule has 86 valence electrons. The Morgan fingerprint density at radius 2 is 1.81 bits per heavy atom. The van der Waals surface area contributed by atoms with Crippen LogP contribution in [-0.2, 0) is 0 Å². The van der Waals surface area contributed by atoms with Gasteiger partial charge in [-0.05, 0) is 0 Å². The van der Waals surface area contributed by atoms with Gasteiger partial charge in [0.2, 0.25) is 0 Å². The highest BCUT2D eigenvalue weighted by molar-refractivity contribution is 6.40. The highest BCUT2D eigenvalue weighted by Crippen LogP contribution is 2.34. The summed E-state index contributed by atoms with van der Waals surface area (Å²) in [6.07, 6.45) is 0. The van der Waals surface area contributed by atoms with E-state index in [-0.39, 0.29) is 27.4 Å². The van der Waals surface area contributed by atoms with Crippen LogP contribution in [0.4, 0.5) is 10.5 Å². The number of carbonyl (C=O) groups is 1. The second-order valence-electron chi connectivity index (χ2n) is 2.75. The molecular formula is C8H8Cl2N4O2. The topological polar surface area (TPSA) is 114 Å². The molecule has 0 aliphatic rings. The number of carbonyl (C=O) groups excluding carboxylic acids is 1. The van der Waals surface area contributed by atoms with E-state index in [0.717, 1.165) is 0 Å². The summed E-state index contributed by atoms with van der Waals surface area (Å²) >= 11 is 11.5. The third-order valence-corrected chi connectivity index (χ3v) is 2.09. The lowest BCUT2D eigenvalue weighted by molar-refractivity contribution is 0.259. The first kappa shape index (κ1) is 12.4. The molecule has 0 unspecified atom stereocenters. The number of urea groups is 1. The van der Waals surface area contributed by atoms with Crippen LogP contribution in [0.25, 0.3) is 0 Å². The van der Waals surface area contributed by atoms with E-state index in [4.69, 9.17) is 39.8 Å². The molecule has 0 aliphatic heterocycles. The normalized spacial score (nSPS) is 9.62. The largest absolute Gasteiger partial charge is 0.508 e. The summed E-state index contributed by atoms with van der Waals surface area (Å²) in [6.45, 7) is 0. The second kappa shape index (κ2) is 4.91. The smallest absolute Gasteiger partial charge is 0.348 e. The number of aliphatic imine (C=N–C) groups is 1. The van der Waals surface area contributed by atoms with Crippen LogP contribution in [0.2, 0.25) is 10.0 Å². The second-order valence-corrected chi connectivity index (χ2v) is 3.57. The summed E-state index contributed by atoms with van der Waals surface area (Å²) in [6, 6.07) is 1.63. The number of amides is 2. The van der Waals surface area contributed by atoms with E-state index < -0.39 is 6.03 Å². The molecule has 0 spiro atoms. The maximum Gasteiger partial charge on any atom is 0.348 e. The van der Waals surface area contributed by atoms with Gasteiger partial charge in [0.1, 0.15) is 5.75 Å². The average molecular weight is 263 g/mol. The molecule has 6 N–H and O–H groups in total. The SMILES string of the molecule is NC(N)=NC(=O)Nc1c(Cl)cc(O)cc1Cl. The van der Waals surface area contributed by atoms with Crippen molar-refractivity contribution >= 4 is 40.9 Å². The maximum absolute atomic E-state index is 11.2. The van der Waals surface area contributed by atoms with E-state index in [9.17, 15) is 4.79 Å². The number of benzene rings is 1. The highest BCUT2D eigenvalue weighted by Gasteiger charge is 2.10. The van der Waals surface area contributed by atoms with E-state index in [1.165, 1.54) is 12.1 Å². The van der Waals surface area contributed by atoms with Gasteiger partial charge >= 0.3 is 6.03 Å². The average Bonchev–Trinajstić information content (AvgIpc) is 2.09. The molecule has 0 bridgehead atoms. The van der Waals surface area contributed by atoms with Gasteiger partial charge < -0.3 is 21.9 Å². The number of halogens is 2. The third kappa shape index (κ3) is 3.18. The number of hydrogen-bond acceptors (Lipinski definition) is 2. The monoisotopic (exact) mass is 262 g/mol. The fourth-order valence-corrected chi connectivity index (χ4v) is 1.50. The van der Waals surface area contributed by atoms with Crippen molar-refractivity contribution < 1.29 is 9.90 Å². The number of phenols is 1. The number of aromatic hydroxyl groups is 1. The van der Waals surface area contributed by atoms with Gasteiger partial charge in [-0.25, -0.2) is 4.79 Å². The van der Waals surface area contributed by atoms with E-state index in [0.29, 0.717) is 0 Å². The van der Waals surface area contributed by atoms with Crippen LogP contribution in [0.1, 0.15) is 0 Å². The maximum atomic E-state index is 11.2. The van der Waals surface area contributed by atoms with Crippen LogP contribution in [0.3, 0.4) is 0 Å². The van der Waals surface area contributed by atoms with E-state index in [1.54, 1.807) is 0 Å². The Kier molecular flexibility index (Phi) is 3.81. The van der Waals surface area contributed by atoms with Crippen LogP contribution in [0, 0.1) is 0 Å². The molecule has 8 heteroatoms. The molecule has 2 amide bonds. The summed E-state index contributed by atoms with van der Waals surface area (Å²) < 4.78 is 0. The number of guanidine groups is 1. The number of nitrogens with zero attached hydrogens (tertiary/aromatic N) is 1. The summed E-state index contributed by atoms with van der Waals surface area (Å²) in [4.78, 5) is 14.4. The van der Waals surface area contributed by atoms with Gasteiger partial charge in [0.25, 0.3) is 0 Å². The zero-order valence-electron chi connectivity index (χ0n) is 7.87. The van der Waals surface area contributed by atoms with Gasteiger partial charge in [-0.1, -0.05) is 23.2 Å². The zero-order valence-corrected chi connectivity index (χ0v) is 9.38. The summed E-state index contributed by atoms with van der Waals surface area (Å²) in [7, 11) is 0. The van der Waals surface area contributed by atoms with E-state index in [2.05, 4.69) is 10.3 Å². The Morgan fingerprint density at radius 3 is 2.25 bits per heavy atom. The van der Waals surface area contributed by atoms with Crippen LogP contribution >= 0.6 is 23.2 Å². The molecular weight excluding hydrogens is 255 g/mol. The minimum absolute atomic E-state index is 0.0733. The predicted molar refractivity (Wildman–Crippen MR) is 63.0 cm³/mol. The minimum Gasteiger partial charge on any atom is -0.508 e. The molecule has 0 aromatic heterocycles. The van der Waals surface area contributed by atoms with Crippen molar-refractivity contribution in [3.8, 4) is 5.75 Å². The lowest BCUT2D eigenvalue weighted by Crippen LogP contribution is -2.25. The van der Waals surface area contributed by atoms with Crippen LogP contribution in [0.15, 0.2) is 17.1 Å². The fraction of sp³-hybridized carbons (Fsp3) is 0. The van der Waals surface area contributed by atoms with Crippen LogP contribution in [0.5, 0.6) is 5.75 Å². The van der Waals surface area contributed by atoms with Crippen molar-refractivity contribution in [1.82, 2.24) is 0 Å². The molecule has 1 aromatic rings. The molecule has 1 aromatic carbocycles. The quantitative estimate of drug-likeness (QED) is 0.349. The Labute approximate surface area is 101 Å². The molecule has 0 saturated heterocycles. The molecule has 6 nitrogen and oxygen atoms in total. The molecule has 0 heterocycles. The molecule has 0 saturated carbocycles. The number of nitrogens with two attached hydrogens (primary N) is 2. The van der Waals surface area contributed by atoms with Crippen molar-refractivity contribution in [3.05, 3.63) is 22.2 Å². The number of phenolic OH excluding ortho intramolecular Hbond substituents is 1. The molecule has 0 fully saturated rings.